The second kappa shape index (κ2) is 6.30. The van der Waals surface area contributed by atoms with Gasteiger partial charge in [0.1, 0.15) is 18.1 Å². The van der Waals surface area contributed by atoms with Crippen LogP contribution in [0.15, 0.2) is 34.9 Å². The van der Waals surface area contributed by atoms with Gasteiger partial charge in [0.05, 0.1) is 5.69 Å². The molecular formula is C15H16BrFN2O2. The molecule has 2 rings (SSSR count). The minimum atomic E-state index is -0.528. The van der Waals surface area contributed by atoms with Gasteiger partial charge in [-0.2, -0.15) is 0 Å². The number of carbonyl (C=O) groups is 1. The van der Waals surface area contributed by atoms with Crippen LogP contribution >= 0.6 is 15.9 Å². The smallest absolute Gasteiger partial charge is 0.355 e. The SMILES string of the molecule is CC(C)n1cc(N)cc1C(=O)OCc1cc(Br)ccc1F. The standard InChI is InChI=1S/C15H16BrFN2O2/c1-9(2)19-7-12(18)6-14(19)15(20)21-8-10-5-11(16)3-4-13(10)17/h3-7,9H,8,18H2,1-2H3. The van der Waals surface area contributed by atoms with E-state index >= 15 is 0 Å². The Bertz CT molecular complexity index is 668. The maximum absolute atomic E-state index is 13.6. The summed E-state index contributed by atoms with van der Waals surface area (Å²) in [6.07, 6.45) is 1.68. The molecule has 0 atom stereocenters. The number of carbonyl (C=O) groups excluding carboxylic acids is 1. The van der Waals surface area contributed by atoms with Crippen LogP contribution in [0.25, 0.3) is 0 Å². The highest BCUT2D eigenvalue weighted by Crippen LogP contribution is 2.20. The van der Waals surface area contributed by atoms with Crippen molar-refractivity contribution in [1.82, 2.24) is 4.57 Å². The number of ether oxygens (including phenoxy) is 1. The van der Waals surface area contributed by atoms with Crippen LogP contribution in [0.4, 0.5) is 10.1 Å². The zero-order valence-electron chi connectivity index (χ0n) is 11.8. The van der Waals surface area contributed by atoms with Gasteiger partial charge in [-0.25, -0.2) is 9.18 Å². The summed E-state index contributed by atoms with van der Waals surface area (Å²) < 4.78 is 21.2. The third-order valence-corrected chi connectivity index (χ3v) is 3.49. The number of nitrogens with two attached hydrogens (primary N) is 1. The van der Waals surface area contributed by atoms with Crippen molar-refractivity contribution in [3.63, 3.8) is 0 Å². The van der Waals surface area contributed by atoms with Crippen molar-refractivity contribution in [2.45, 2.75) is 26.5 Å². The first-order valence-corrected chi connectivity index (χ1v) is 7.26. The van der Waals surface area contributed by atoms with Gasteiger partial charge in [0.15, 0.2) is 0 Å². The molecule has 2 aromatic rings. The topological polar surface area (TPSA) is 57.2 Å². The highest BCUT2D eigenvalue weighted by molar-refractivity contribution is 9.10. The average Bonchev–Trinajstić information content (AvgIpc) is 2.82. The molecule has 0 amide bonds. The summed E-state index contributed by atoms with van der Waals surface area (Å²) in [5, 5.41) is 0. The molecule has 0 saturated heterocycles. The number of nitrogens with zero attached hydrogens (tertiary/aromatic N) is 1. The molecule has 0 spiro atoms. The van der Waals surface area contributed by atoms with Crippen LogP contribution in [0.3, 0.4) is 0 Å². The number of rotatable bonds is 4. The van der Waals surface area contributed by atoms with E-state index in [4.69, 9.17) is 10.5 Å². The summed E-state index contributed by atoms with van der Waals surface area (Å²) >= 11 is 3.25. The van der Waals surface area contributed by atoms with Crippen LogP contribution in [0.5, 0.6) is 0 Å². The van der Waals surface area contributed by atoms with Gasteiger partial charge in [-0.1, -0.05) is 15.9 Å². The summed E-state index contributed by atoms with van der Waals surface area (Å²) in [4.78, 5) is 12.1. The zero-order valence-corrected chi connectivity index (χ0v) is 13.4. The molecule has 21 heavy (non-hydrogen) atoms. The lowest BCUT2D eigenvalue weighted by atomic mass is 10.2. The van der Waals surface area contributed by atoms with Crippen LogP contribution < -0.4 is 5.73 Å². The van der Waals surface area contributed by atoms with Crippen molar-refractivity contribution in [2.24, 2.45) is 0 Å². The minimum Gasteiger partial charge on any atom is -0.456 e. The maximum Gasteiger partial charge on any atom is 0.355 e. The highest BCUT2D eigenvalue weighted by atomic mass is 79.9. The Balaban J connectivity index is 2.14. The predicted octanol–water partition coefficient (Wildman–Crippen LogP) is 3.91. The number of hydrogen-bond donors (Lipinski definition) is 1. The first-order chi connectivity index (χ1) is 9.88. The summed E-state index contributed by atoms with van der Waals surface area (Å²) in [5.41, 5.74) is 6.87. The van der Waals surface area contributed by atoms with Gasteiger partial charge in [-0.15, -0.1) is 0 Å². The normalized spacial score (nSPS) is 10.9. The van der Waals surface area contributed by atoms with Crippen molar-refractivity contribution in [1.29, 1.82) is 0 Å². The third kappa shape index (κ3) is 3.64. The molecule has 1 heterocycles. The van der Waals surface area contributed by atoms with Gasteiger partial charge in [0, 0.05) is 22.3 Å². The second-order valence-electron chi connectivity index (χ2n) is 4.97. The minimum absolute atomic E-state index is 0.0763. The molecule has 112 valence electrons. The Hall–Kier alpha value is -1.82. The monoisotopic (exact) mass is 354 g/mol. The van der Waals surface area contributed by atoms with E-state index in [1.165, 1.54) is 6.07 Å². The van der Waals surface area contributed by atoms with Crippen LogP contribution in [0.2, 0.25) is 0 Å². The molecule has 0 aliphatic rings. The van der Waals surface area contributed by atoms with E-state index in [1.807, 2.05) is 13.8 Å². The zero-order chi connectivity index (χ0) is 15.6. The fraction of sp³-hybridized carbons (Fsp3) is 0.267. The molecular weight excluding hydrogens is 339 g/mol. The number of anilines is 1. The number of aromatic nitrogens is 1. The molecule has 0 aliphatic heterocycles. The van der Waals surface area contributed by atoms with Crippen molar-refractivity contribution in [3.05, 3.63) is 52.0 Å². The number of halogens is 2. The van der Waals surface area contributed by atoms with Gasteiger partial charge in [0.2, 0.25) is 0 Å². The predicted molar refractivity (Wildman–Crippen MR) is 82.4 cm³/mol. The molecule has 0 saturated carbocycles. The molecule has 0 unspecified atom stereocenters. The van der Waals surface area contributed by atoms with Crippen LogP contribution in [0.1, 0.15) is 35.9 Å². The Morgan fingerprint density at radius 1 is 1.43 bits per heavy atom. The summed E-state index contributed by atoms with van der Waals surface area (Å²) in [6, 6.07) is 6.12. The molecule has 1 aromatic heterocycles. The molecule has 0 bridgehead atoms. The molecule has 4 nitrogen and oxygen atoms in total. The number of nitrogen functional groups attached to an aromatic ring is 1. The lowest BCUT2D eigenvalue weighted by Gasteiger charge is -2.12. The van der Waals surface area contributed by atoms with Crippen molar-refractivity contribution in [2.75, 3.05) is 5.73 Å². The molecule has 0 aliphatic carbocycles. The van der Waals surface area contributed by atoms with E-state index in [0.29, 0.717) is 16.9 Å². The number of hydrogen-bond acceptors (Lipinski definition) is 3. The first kappa shape index (κ1) is 15.6. The number of esters is 1. The summed E-state index contributed by atoms with van der Waals surface area (Å²) in [7, 11) is 0. The van der Waals surface area contributed by atoms with Gasteiger partial charge >= 0.3 is 5.97 Å². The van der Waals surface area contributed by atoms with Crippen molar-refractivity contribution in [3.8, 4) is 0 Å². The molecule has 0 radical (unpaired) electrons. The molecule has 6 heteroatoms. The lowest BCUT2D eigenvalue weighted by molar-refractivity contribution is 0.0454. The van der Waals surface area contributed by atoms with E-state index in [1.54, 1.807) is 29.0 Å². The van der Waals surface area contributed by atoms with E-state index in [2.05, 4.69) is 15.9 Å². The van der Waals surface area contributed by atoms with Gasteiger partial charge < -0.3 is 15.0 Å². The Morgan fingerprint density at radius 3 is 2.81 bits per heavy atom. The van der Waals surface area contributed by atoms with E-state index in [9.17, 15) is 9.18 Å². The van der Waals surface area contributed by atoms with E-state index < -0.39 is 11.8 Å². The van der Waals surface area contributed by atoms with E-state index in [-0.39, 0.29) is 12.6 Å². The average molecular weight is 355 g/mol. The van der Waals surface area contributed by atoms with Crippen molar-refractivity contribution >= 4 is 27.6 Å². The van der Waals surface area contributed by atoms with Crippen LogP contribution in [-0.4, -0.2) is 10.5 Å². The van der Waals surface area contributed by atoms with Gasteiger partial charge in [0.25, 0.3) is 0 Å². The first-order valence-electron chi connectivity index (χ1n) is 6.47. The fourth-order valence-corrected chi connectivity index (χ4v) is 2.37. The largest absolute Gasteiger partial charge is 0.456 e. The van der Waals surface area contributed by atoms with Crippen LogP contribution in [-0.2, 0) is 11.3 Å². The second-order valence-corrected chi connectivity index (χ2v) is 5.89. The van der Waals surface area contributed by atoms with Gasteiger partial charge in [-0.05, 0) is 38.1 Å². The van der Waals surface area contributed by atoms with Gasteiger partial charge in [-0.3, -0.25) is 0 Å². The Morgan fingerprint density at radius 2 is 2.14 bits per heavy atom. The van der Waals surface area contributed by atoms with Crippen LogP contribution in [0, 0.1) is 5.82 Å². The number of benzene rings is 1. The molecule has 2 N–H and O–H groups in total. The Kier molecular flexibility index (Phi) is 4.67. The summed E-state index contributed by atoms with van der Waals surface area (Å²) in [6.45, 7) is 3.74. The third-order valence-electron chi connectivity index (χ3n) is 3.00. The van der Waals surface area contributed by atoms with Crippen molar-refractivity contribution < 1.29 is 13.9 Å². The molecule has 0 fully saturated rings. The molecule has 1 aromatic carbocycles. The van der Waals surface area contributed by atoms with E-state index in [0.717, 1.165) is 4.47 Å². The lowest BCUT2D eigenvalue weighted by Crippen LogP contribution is -2.13. The Labute approximate surface area is 130 Å². The summed E-state index contributed by atoms with van der Waals surface area (Å²) in [5.74, 6) is -0.940. The quantitative estimate of drug-likeness (QED) is 0.846. The fourth-order valence-electron chi connectivity index (χ4n) is 1.96. The maximum atomic E-state index is 13.6. The highest BCUT2D eigenvalue weighted by Gasteiger charge is 2.17.